The summed E-state index contributed by atoms with van der Waals surface area (Å²) >= 11 is 1.92. The highest BCUT2D eigenvalue weighted by molar-refractivity contribution is 7.98. The van der Waals surface area contributed by atoms with Gasteiger partial charge in [-0.05, 0) is 32.4 Å². The first-order chi connectivity index (χ1) is 8.02. The first kappa shape index (κ1) is 17.2. The number of hydrogen-bond acceptors (Lipinski definition) is 4. The van der Waals surface area contributed by atoms with Gasteiger partial charge in [0, 0.05) is 31.8 Å². The topological polar surface area (TPSA) is 24.5 Å². The molecule has 0 amide bonds. The van der Waals surface area contributed by atoms with E-state index < -0.39 is 0 Å². The molecule has 0 aromatic carbocycles. The molecular weight excluding hydrogens is 232 g/mol. The Bertz CT molecular complexity index is 179. The van der Waals surface area contributed by atoms with E-state index in [2.05, 4.69) is 44.3 Å². The molecule has 0 heterocycles. The van der Waals surface area contributed by atoms with E-state index in [1.54, 1.807) is 7.11 Å². The summed E-state index contributed by atoms with van der Waals surface area (Å²) in [5, 5.41) is 3.50. The van der Waals surface area contributed by atoms with Crippen molar-refractivity contribution in [3.05, 3.63) is 0 Å². The Morgan fingerprint density at radius 2 is 1.94 bits per heavy atom. The lowest BCUT2D eigenvalue weighted by molar-refractivity contribution is 0.0819. The predicted molar refractivity (Wildman–Crippen MR) is 79.0 cm³/mol. The average molecular weight is 262 g/mol. The summed E-state index contributed by atoms with van der Waals surface area (Å²) in [4.78, 5) is 2.44. The van der Waals surface area contributed by atoms with Crippen LogP contribution in [-0.4, -0.2) is 62.3 Å². The van der Waals surface area contributed by atoms with Crippen LogP contribution in [0.1, 0.15) is 27.2 Å². The molecule has 2 unspecified atom stereocenters. The van der Waals surface area contributed by atoms with E-state index >= 15 is 0 Å². The number of methoxy groups -OCH3 is 1. The minimum Gasteiger partial charge on any atom is -0.383 e. The van der Waals surface area contributed by atoms with Gasteiger partial charge >= 0.3 is 0 Å². The van der Waals surface area contributed by atoms with Gasteiger partial charge in [-0.3, -0.25) is 4.90 Å². The van der Waals surface area contributed by atoms with E-state index in [-0.39, 0.29) is 0 Å². The van der Waals surface area contributed by atoms with Gasteiger partial charge in [-0.15, -0.1) is 0 Å². The molecule has 17 heavy (non-hydrogen) atoms. The van der Waals surface area contributed by atoms with Crippen molar-refractivity contribution in [3.63, 3.8) is 0 Å². The minimum atomic E-state index is 0.458. The van der Waals surface area contributed by atoms with Gasteiger partial charge in [0.2, 0.25) is 0 Å². The normalized spacial score (nSPS) is 15.5. The Morgan fingerprint density at radius 3 is 2.41 bits per heavy atom. The van der Waals surface area contributed by atoms with Gasteiger partial charge in [-0.25, -0.2) is 0 Å². The molecule has 0 saturated carbocycles. The lowest BCUT2D eigenvalue weighted by Gasteiger charge is -2.33. The fraction of sp³-hybridized carbons (Fsp3) is 1.00. The van der Waals surface area contributed by atoms with Crippen LogP contribution >= 0.6 is 11.8 Å². The molecule has 0 saturated heterocycles. The molecule has 4 heteroatoms. The van der Waals surface area contributed by atoms with Gasteiger partial charge in [-0.2, -0.15) is 11.8 Å². The van der Waals surface area contributed by atoms with E-state index in [0.29, 0.717) is 18.1 Å². The number of hydrogen-bond donors (Lipinski definition) is 1. The van der Waals surface area contributed by atoms with Crippen molar-refractivity contribution in [2.24, 2.45) is 0 Å². The van der Waals surface area contributed by atoms with Gasteiger partial charge in [0.15, 0.2) is 0 Å². The van der Waals surface area contributed by atoms with Crippen LogP contribution in [0.5, 0.6) is 0 Å². The molecule has 0 aliphatic rings. The molecule has 3 nitrogen and oxygen atoms in total. The zero-order valence-corrected chi connectivity index (χ0v) is 13.1. The molecule has 1 N–H and O–H groups in total. The Labute approximate surface area is 112 Å². The van der Waals surface area contributed by atoms with Crippen LogP contribution in [0.2, 0.25) is 0 Å². The standard InChI is InChI=1S/C13H30N2OS/c1-11(2)14-9-13(10-16-5)15(4)12(3)7-8-17-6/h11-14H,7-10H2,1-6H3. The SMILES string of the molecule is COCC(CNC(C)C)N(C)C(C)CCSC. The maximum Gasteiger partial charge on any atom is 0.0630 e. The molecule has 0 bridgehead atoms. The van der Waals surface area contributed by atoms with Crippen LogP contribution in [0.4, 0.5) is 0 Å². The van der Waals surface area contributed by atoms with Crippen molar-refractivity contribution in [1.82, 2.24) is 10.2 Å². The van der Waals surface area contributed by atoms with Crippen LogP contribution in [0.15, 0.2) is 0 Å². The van der Waals surface area contributed by atoms with Crippen molar-refractivity contribution < 1.29 is 4.74 Å². The Hall–Kier alpha value is 0.230. The fourth-order valence-electron chi connectivity index (χ4n) is 1.74. The summed E-state index contributed by atoms with van der Waals surface area (Å²) in [6, 6.07) is 1.60. The highest BCUT2D eigenvalue weighted by Crippen LogP contribution is 2.09. The maximum absolute atomic E-state index is 5.33. The average Bonchev–Trinajstić information content (AvgIpc) is 2.30. The van der Waals surface area contributed by atoms with Crippen molar-refractivity contribution in [2.75, 3.05) is 39.3 Å². The largest absolute Gasteiger partial charge is 0.383 e. The van der Waals surface area contributed by atoms with Crippen LogP contribution in [0.3, 0.4) is 0 Å². The molecule has 104 valence electrons. The van der Waals surface area contributed by atoms with Crippen LogP contribution in [0.25, 0.3) is 0 Å². The molecular formula is C13H30N2OS. The lowest BCUT2D eigenvalue weighted by Crippen LogP contribution is -2.48. The monoisotopic (exact) mass is 262 g/mol. The summed E-state index contributed by atoms with van der Waals surface area (Å²) in [7, 11) is 3.99. The third-order valence-electron chi connectivity index (χ3n) is 3.13. The molecule has 0 aromatic heterocycles. The highest BCUT2D eigenvalue weighted by Gasteiger charge is 2.19. The molecule has 0 spiro atoms. The summed E-state index contributed by atoms with van der Waals surface area (Å²) in [5.74, 6) is 1.23. The number of ether oxygens (including phenoxy) is 1. The van der Waals surface area contributed by atoms with E-state index in [1.165, 1.54) is 12.2 Å². The smallest absolute Gasteiger partial charge is 0.0630 e. The Morgan fingerprint density at radius 1 is 1.29 bits per heavy atom. The number of rotatable bonds is 10. The molecule has 0 aliphatic heterocycles. The number of nitrogens with one attached hydrogen (secondary N) is 1. The van der Waals surface area contributed by atoms with Gasteiger partial charge < -0.3 is 10.1 Å². The third kappa shape index (κ3) is 8.03. The van der Waals surface area contributed by atoms with Crippen molar-refractivity contribution in [1.29, 1.82) is 0 Å². The van der Waals surface area contributed by atoms with Crippen molar-refractivity contribution >= 4 is 11.8 Å². The van der Waals surface area contributed by atoms with E-state index in [1.807, 2.05) is 11.8 Å². The molecule has 0 rings (SSSR count). The van der Waals surface area contributed by atoms with Crippen LogP contribution in [-0.2, 0) is 4.74 Å². The second-order valence-electron chi connectivity index (χ2n) is 4.97. The van der Waals surface area contributed by atoms with E-state index in [0.717, 1.165) is 13.2 Å². The molecule has 0 aromatic rings. The quantitative estimate of drug-likeness (QED) is 0.651. The van der Waals surface area contributed by atoms with Gasteiger partial charge in [0.25, 0.3) is 0 Å². The van der Waals surface area contributed by atoms with E-state index in [4.69, 9.17) is 4.74 Å². The molecule has 0 fully saturated rings. The molecule has 2 atom stereocenters. The van der Waals surface area contributed by atoms with Gasteiger partial charge in [0.05, 0.1) is 6.61 Å². The first-order valence-corrected chi connectivity index (χ1v) is 7.85. The zero-order chi connectivity index (χ0) is 13.3. The minimum absolute atomic E-state index is 0.458. The predicted octanol–water partition coefficient (Wildman–Crippen LogP) is 2.07. The van der Waals surface area contributed by atoms with Crippen LogP contribution < -0.4 is 5.32 Å². The summed E-state index contributed by atoms with van der Waals surface area (Å²) in [6.07, 6.45) is 3.40. The highest BCUT2D eigenvalue weighted by atomic mass is 32.2. The summed E-state index contributed by atoms with van der Waals surface area (Å²) in [5.41, 5.74) is 0. The third-order valence-corrected chi connectivity index (χ3v) is 3.78. The van der Waals surface area contributed by atoms with Gasteiger partial charge in [-0.1, -0.05) is 13.8 Å². The van der Waals surface area contributed by atoms with E-state index in [9.17, 15) is 0 Å². The maximum atomic E-state index is 5.33. The van der Waals surface area contributed by atoms with Crippen LogP contribution in [0, 0.1) is 0 Å². The number of thioether (sulfide) groups is 1. The number of nitrogens with zero attached hydrogens (tertiary/aromatic N) is 1. The second kappa shape index (κ2) is 10.2. The number of likely N-dealkylation sites (N-methyl/N-ethyl adjacent to an activating group) is 1. The van der Waals surface area contributed by atoms with Crippen molar-refractivity contribution in [3.8, 4) is 0 Å². The first-order valence-electron chi connectivity index (χ1n) is 6.46. The lowest BCUT2D eigenvalue weighted by atomic mass is 10.1. The fourth-order valence-corrected chi connectivity index (χ4v) is 2.31. The molecule has 0 aliphatic carbocycles. The second-order valence-corrected chi connectivity index (χ2v) is 5.95. The Balaban J connectivity index is 4.15. The zero-order valence-electron chi connectivity index (χ0n) is 12.3. The summed E-state index contributed by atoms with van der Waals surface area (Å²) < 4.78 is 5.33. The molecule has 0 radical (unpaired) electrons. The van der Waals surface area contributed by atoms with Gasteiger partial charge in [0.1, 0.15) is 0 Å². The van der Waals surface area contributed by atoms with Crippen molar-refractivity contribution in [2.45, 2.75) is 45.3 Å². The summed E-state index contributed by atoms with van der Waals surface area (Å²) in [6.45, 7) is 8.45. The Kier molecular flexibility index (Phi) is 10.3.